The second-order valence-electron chi connectivity index (χ2n) is 5.06. The molecule has 0 bridgehead atoms. The summed E-state index contributed by atoms with van der Waals surface area (Å²) in [6.45, 7) is 0.108. The van der Waals surface area contributed by atoms with E-state index in [9.17, 15) is 13.6 Å². The monoisotopic (exact) mass is 339 g/mol. The summed E-state index contributed by atoms with van der Waals surface area (Å²) < 4.78 is 26.9. The van der Waals surface area contributed by atoms with Crippen LogP contribution in [-0.2, 0) is 17.8 Å². The van der Waals surface area contributed by atoms with E-state index in [0.29, 0.717) is 5.02 Å². The largest absolute Gasteiger partial charge is 0.395 e. The number of rotatable bonds is 6. The maximum Gasteiger partial charge on any atom is 0.227 e. The van der Waals surface area contributed by atoms with Gasteiger partial charge in [0.25, 0.3) is 0 Å². The number of carbonyl (C=O) groups is 1. The number of hydrogen-bond donors (Lipinski definition) is 1. The van der Waals surface area contributed by atoms with Crippen molar-refractivity contribution in [3.8, 4) is 0 Å². The topological polar surface area (TPSA) is 40.5 Å². The van der Waals surface area contributed by atoms with Gasteiger partial charge in [0.2, 0.25) is 5.91 Å². The van der Waals surface area contributed by atoms with Crippen LogP contribution in [-0.4, -0.2) is 29.1 Å². The van der Waals surface area contributed by atoms with Gasteiger partial charge in [-0.2, -0.15) is 0 Å². The molecule has 0 heterocycles. The van der Waals surface area contributed by atoms with Gasteiger partial charge in [-0.15, -0.1) is 0 Å². The van der Waals surface area contributed by atoms with Crippen LogP contribution in [0.4, 0.5) is 8.78 Å². The predicted molar refractivity (Wildman–Crippen MR) is 84.0 cm³/mol. The lowest BCUT2D eigenvalue weighted by Gasteiger charge is -2.22. The predicted octanol–water partition coefficient (Wildman–Crippen LogP) is 3.18. The van der Waals surface area contributed by atoms with E-state index >= 15 is 0 Å². The van der Waals surface area contributed by atoms with Gasteiger partial charge in [-0.1, -0.05) is 35.9 Å². The third-order valence-electron chi connectivity index (χ3n) is 3.36. The maximum absolute atomic E-state index is 13.7. The van der Waals surface area contributed by atoms with Crippen LogP contribution in [0.2, 0.25) is 5.02 Å². The Morgan fingerprint density at radius 3 is 2.61 bits per heavy atom. The summed E-state index contributed by atoms with van der Waals surface area (Å²) in [4.78, 5) is 13.7. The van der Waals surface area contributed by atoms with E-state index in [1.165, 1.54) is 17.0 Å². The van der Waals surface area contributed by atoms with E-state index in [1.54, 1.807) is 24.3 Å². The summed E-state index contributed by atoms with van der Waals surface area (Å²) in [6.07, 6.45) is -0.274. The second-order valence-corrected chi connectivity index (χ2v) is 5.49. The van der Waals surface area contributed by atoms with Crippen LogP contribution in [0, 0.1) is 11.6 Å². The molecule has 6 heteroatoms. The van der Waals surface area contributed by atoms with Crippen LogP contribution in [0.1, 0.15) is 11.1 Å². The average Bonchev–Trinajstić information content (AvgIpc) is 2.51. The van der Waals surface area contributed by atoms with Gasteiger partial charge in [0.05, 0.1) is 13.0 Å². The first-order chi connectivity index (χ1) is 11.0. The first-order valence-electron chi connectivity index (χ1n) is 7.07. The molecule has 0 saturated heterocycles. The highest BCUT2D eigenvalue weighted by Crippen LogP contribution is 2.16. The van der Waals surface area contributed by atoms with Gasteiger partial charge in [-0.25, -0.2) is 8.78 Å². The Balaban J connectivity index is 2.13. The molecular formula is C17H16ClF2NO2. The Morgan fingerprint density at radius 2 is 1.91 bits per heavy atom. The highest BCUT2D eigenvalue weighted by atomic mass is 35.5. The number of hydrogen-bond acceptors (Lipinski definition) is 2. The van der Waals surface area contributed by atoms with Crippen molar-refractivity contribution in [3.05, 3.63) is 70.2 Å². The number of aliphatic hydroxyl groups excluding tert-OH is 1. The molecule has 1 amide bonds. The van der Waals surface area contributed by atoms with Crippen molar-refractivity contribution in [1.82, 2.24) is 4.90 Å². The van der Waals surface area contributed by atoms with Gasteiger partial charge in [0.1, 0.15) is 0 Å². The molecule has 0 atom stereocenters. The second kappa shape index (κ2) is 8.04. The maximum atomic E-state index is 13.7. The summed E-state index contributed by atoms with van der Waals surface area (Å²) >= 11 is 5.91. The van der Waals surface area contributed by atoms with Gasteiger partial charge in [-0.3, -0.25) is 4.79 Å². The fourth-order valence-corrected chi connectivity index (χ4v) is 2.44. The quantitative estimate of drug-likeness (QED) is 0.878. The number of aliphatic hydroxyl groups is 1. The summed E-state index contributed by atoms with van der Waals surface area (Å²) in [5.74, 6) is -2.41. The highest BCUT2D eigenvalue weighted by molar-refractivity contribution is 6.30. The molecule has 122 valence electrons. The molecule has 0 saturated carbocycles. The first kappa shape index (κ1) is 17.4. The number of carbonyl (C=O) groups excluding carboxylic acids is 1. The summed E-state index contributed by atoms with van der Waals surface area (Å²) in [6, 6.07) is 10.7. The zero-order chi connectivity index (χ0) is 16.8. The molecule has 0 unspecified atom stereocenters. The van der Waals surface area contributed by atoms with E-state index in [4.69, 9.17) is 16.7 Å². The van der Waals surface area contributed by atoms with Gasteiger partial charge in [-0.05, 0) is 23.8 Å². The summed E-state index contributed by atoms with van der Waals surface area (Å²) in [7, 11) is 0. The molecule has 3 nitrogen and oxygen atoms in total. The zero-order valence-corrected chi connectivity index (χ0v) is 13.1. The molecule has 0 fully saturated rings. The lowest BCUT2D eigenvalue weighted by molar-refractivity contribution is -0.131. The van der Waals surface area contributed by atoms with Crippen LogP contribution in [0.5, 0.6) is 0 Å². The van der Waals surface area contributed by atoms with Crippen molar-refractivity contribution >= 4 is 17.5 Å². The molecule has 23 heavy (non-hydrogen) atoms. The molecule has 0 aliphatic carbocycles. The van der Waals surface area contributed by atoms with Crippen molar-refractivity contribution in [1.29, 1.82) is 0 Å². The fourth-order valence-electron chi connectivity index (χ4n) is 2.23. The Bertz CT molecular complexity index is 694. The van der Waals surface area contributed by atoms with Crippen LogP contribution in [0.3, 0.4) is 0 Å². The SMILES string of the molecule is O=C(Cc1cccc(F)c1F)N(CCO)Cc1cccc(Cl)c1. The van der Waals surface area contributed by atoms with Crippen molar-refractivity contribution in [3.63, 3.8) is 0 Å². The third-order valence-corrected chi connectivity index (χ3v) is 3.59. The van der Waals surface area contributed by atoms with Crippen LogP contribution >= 0.6 is 11.6 Å². The van der Waals surface area contributed by atoms with E-state index in [2.05, 4.69) is 0 Å². The number of benzene rings is 2. The molecule has 0 aliphatic rings. The molecule has 0 spiro atoms. The Hall–Kier alpha value is -1.98. The van der Waals surface area contributed by atoms with Crippen molar-refractivity contribution in [2.45, 2.75) is 13.0 Å². The van der Waals surface area contributed by atoms with Crippen LogP contribution < -0.4 is 0 Å². The Kier molecular flexibility index (Phi) is 6.07. The van der Waals surface area contributed by atoms with E-state index in [0.717, 1.165) is 11.6 Å². The standard InChI is InChI=1S/C17H16ClF2NO2/c18-14-5-1-3-12(9-14)11-21(7-8-22)16(23)10-13-4-2-6-15(19)17(13)20/h1-6,9,22H,7-8,10-11H2. The van der Waals surface area contributed by atoms with Crippen molar-refractivity contribution in [2.24, 2.45) is 0 Å². The molecule has 0 aliphatic heterocycles. The smallest absolute Gasteiger partial charge is 0.227 e. The third kappa shape index (κ3) is 4.74. The number of nitrogens with zero attached hydrogens (tertiary/aromatic N) is 1. The summed E-state index contributed by atoms with van der Waals surface area (Å²) in [5, 5.41) is 9.67. The first-order valence-corrected chi connectivity index (χ1v) is 7.45. The molecular weight excluding hydrogens is 324 g/mol. The zero-order valence-electron chi connectivity index (χ0n) is 12.3. The Morgan fingerprint density at radius 1 is 1.17 bits per heavy atom. The number of amides is 1. The van der Waals surface area contributed by atoms with E-state index in [1.807, 2.05) is 0 Å². The van der Waals surface area contributed by atoms with Gasteiger partial charge in [0.15, 0.2) is 11.6 Å². The molecule has 0 radical (unpaired) electrons. The van der Waals surface area contributed by atoms with E-state index < -0.39 is 17.5 Å². The molecule has 2 rings (SSSR count). The van der Waals surface area contributed by atoms with Crippen molar-refractivity contribution in [2.75, 3.05) is 13.2 Å². The number of halogens is 3. The summed E-state index contributed by atoms with van der Waals surface area (Å²) in [5.41, 5.74) is 0.781. The van der Waals surface area contributed by atoms with Crippen LogP contribution in [0.15, 0.2) is 42.5 Å². The minimum absolute atomic E-state index is 0.0102. The minimum Gasteiger partial charge on any atom is -0.395 e. The normalized spacial score (nSPS) is 10.6. The van der Waals surface area contributed by atoms with Crippen molar-refractivity contribution < 1.29 is 18.7 Å². The lowest BCUT2D eigenvalue weighted by atomic mass is 10.1. The van der Waals surface area contributed by atoms with Gasteiger partial charge in [0, 0.05) is 23.7 Å². The highest BCUT2D eigenvalue weighted by Gasteiger charge is 2.17. The van der Waals surface area contributed by atoms with Crippen LogP contribution in [0.25, 0.3) is 0 Å². The molecule has 2 aromatic carbocycles. The molecule has 2 aromatic rings. The average molecular weight is 340 g/mol. The lowest BCUT2D eigenvalue weighted by Crippen LogP contribution is -2.34. The fraction of sp³-hybridized carbons (Fsp3) is 0.235. The molecule has 1 N–H and O–H groups in total. The van der Waals surface area contributed by atoms with Gasteiger partial charge < -0.3 is 10.0 Å². The van der Waals surface area contributed by atoms with Gasteiger partial charge >= 0.3 is 0 Å². The van der Waals surface area contributed by atoms with E-state index in [-0.39, 0.29) is 31.7 Å². The minimum atomic E-state index is -1.02. The molecule has 0 aromatic heterocycles. The Labute approximate surface area is 138 Å².